The van der Waals surface area contributed by atoms with E-state index in [2.05, 4.69) is 26.1 Å². The molecule has 0 aliphatic heterocycles. The number of nitrogens with one attached hydrogen (secondary N) is 1. The molecule has 0 heterocycles. The van der Waals surface area contributed by atoms with Gasteiger partial charge in [-0.1, -0.05) is 39.0 Å². The first-order chi connectivity index (χ1) is 6.14. The van der Waals surface area contributed by atoms with Crippen LogP contribution in [0.1, 0.15) is 59.3 Å². The Labute approximate surface area is 83.3 Å². The molecule has 0 bridgehead atoms. The van der Waals surface area contributed by atoms with Crippen molar-refractivity contribution >= 4 is 0 Å². The Morgan fingerprint density at radius 3 is 2.31 bits per heavy atom. The minimum absolute atomic E-state index is 0.358. The maximum absolute atomic E-state index is 3.57. The molecule has 0 saturated heterocycles. The quantitative estimate of drug-likeness (QED) is 0.705. The van der Waals surface area contributed by atoms with Crippen molar-refractivity contribution in [2.45, 2.75) is 64.8 Å². The van der Waals surface area contributed by atoms with Crippen LogP contribution in [0.5, 0.6) is 0 Å². The zero-order valence-electron chi connectivity index (χ0n) is 9.53. The van der Waals surface area contributed by atoms with E-state index >= 15 is 0 Å². The molecule has 78 valence electrons. The molecule has 1 heteroatoms. The van der Waals surface area contributed by atoms with Gasteiger partial charge < -0.3 is 5.32 Å². The van der Waals surface area contributed by atoms with Gasteiger partial charge in [0, 0.05) is 5.54 Å². The van der Waals surface area contributed by atoms with Crippen molar-refractivity contribution < 1.29 is 0 Å². The van der Waals surface area contributed by atoms with Crippen LogP contribution in [0.25, 0.3) is 0 Å². The summed E-state index contributed by atoms with van der Waals surface area (Å²) in [6, 6.07) is 0. The van der Waals surface area contributed by atoms with Crippen LogP contribution in [0.3, 0.4) is 0 Å². The van der Waals surface area contributed by atoms with Crippen molar-refractivity contribution in [2.75, 3.05) is 6.54 Å². The molecular weight excluding hydrogens is 158 g/mol. The lowest BCUT2D eigenvalue weighted by Crippen LogP contribution is -2.41. The van der Waals surface area contributed by atoms with Crippen LogP contribution in [0.15, 0.2) is 0 Å². The van der Waals surface area contributed by atoms with Crippen LogP contribution in [0.4, 0.5) is 0 Å². The molecule has 1 rings (SSSR count). The molecule has 1 nitrogen and oxygen atoms in total. The number of rotatable bonds is 4. The Kier molecular flexibility index (Phi) is 4.24. The van der Waals surface area contributed by atoms with E-state index in [0.29, 0.717) is 5.54 Å². The van der Waals surface area contributed by atoms with E-state index in [-0.39, 0.29) is 0 Å². The second-order valence-electron chi connectivity index (χ2n) is 5.12. The summed E-state index contributed by atoms with van der Waals surface area (Å²) >= 11 is 0. The van der Waals surface area contributed by atoms with Gasteiger partial charge in [-0.25, -0.2) is 0 Å². The average Bonchev–Trinajstić information content (AvgIpc) is 2.04. The molecule has 0 amide bonds. The summed E-state index contributed by atoms with van der Waals surface area (Å²) in [4.78, 5) is 0. The predicted molar refractivity (Wildman–Crippen MR) is 58.9 cm³/mol. The summed E-state index contributed by atoms with van der Waals surface area (Å²) < 4.78 is 0. The molecule has 0 aromatic carbocycles. The molecule has 0 radical (unpaired) electrons. The van der Waals surface area contributed by atoms with Crippen molar-refractivity contribution in [1.29, 1.82) is 0 Å². The van der Waals surface area contributed by atoms with Gasteiger partial charge in [0.1, 0.15) is 0 Å². The molecule has 1 aliphatic rings. The summed E-state index contributed by atoms with van der Waals surface area (Å²) in [5.41, 5.74) is 0.358. The highest BCUT2D eigenvalue weighted by Crippen LogP contribution is 2.30. The molecule has 1 aliphatic carbocycles. The van der Waals surface area contributed by atoms with Gasteiger partial charge in [-0.2, -0.15) is 0 Å². The van der Waals surface area contributed by atoms with Gasteiger partial charge in [-0.15, -0.1) is 0 Å². The smallest absolute Gasteiger partial charge is 0.0127 e. The maximum atomic E-state index is 3.57. The molecular formula is C12H25N. The number of hydrogen-bond acceptors (Lipinski definition) is 1. The third-order valence-electron chi connectivity index (χ3n) is 3.18. The van der Waals surface area contributed by atoms with Crippen LogP contribution in [0.2, 0.25) is 0 Å². The van der Waals surface area contributed by atoms with Crippen LogP contribution >= 0.6 is 0 Å². The monoisotopic (exact) mass is 183 g/mol. The SMILES string of the molecule is CCNC(C)(C)CC1CCCCC1. The van der Waals surface area contributed by atoms with E-state index < -0.39 is 0 Å². The van der Waals surface area contributed by atoms with Gasteiger partial charge in [0.05, 0.1) is 0 Å². The Balaban J connectivity index is 2.28. The summed E-state index contributed by atoms with van der Waals surface area (Å²) in [6.45, 7) is 7.97. The maximum Gasteiger partial charge on any atom is 0.0127 e. The van der Waals surface area contributed by atoms with Gasteiger partial charge >= 0.3 is 0 Å². The zero-order valence-corrected chi connectivity index (χ0v) is 9.53. The Morgan fingerprint density at radius 2 is 1.77 bits per heavy atom. The summed E-state index contributed by atoms with van der Waals surface area (Å²) in [7, 11) is 0. The molecule has 0 atom stereocenters. The van der Waals surface area contributed by atoms with E-state index in [1.54, 1.807) is 0 Å². The first kappa shape index (κ1) is 11.0. The van der Waals surface area contributed by atoms with Gasteiger partial charge in [0.25, 0.3) is 0 Å². The second-order valence-corrected chi connectivity index (χ2v) is 5.12. The first-order valence-corrected chi connectivity index (χ1v) is 5.89. The third kappa shape index (κ3) is 4.12. The lowest BCUT2D eigenvalue weighted by atomic mass is 9.81. The highest BCUT2D eigenvalue weighted by molar-refractivity contribution is 4.81. The van der Waals surface area contributed by atoms with Crippen LogP contribution < -0.4 is 5.32 Å². The number of hydrogen-bond donors (Lipinski definition) is 1. The second kappa shape index (κ2) is 4.99. The van der Waals surface area contributed by atoms with Crippen LogP contribution in [0, 0.1) is 5.92 Å². The van der Waals surface area contributed by atoms with E-state index in [1.807, 2.05) is 0 Å². The standard InChI is InChI=1S/C12H25N/c1-4-13-12(2,3)10-11-8-6-5-7-9-11/h11,13H,4-10H2,1-3H3. The van der Waals surface area contributed by atoms with E-state index in [1.165, 1.54) is 38.5 Å². The van der Waals surface area contributed by atoms with Crippen LogP contribution in [-0.4, -0.2) is 12.1 Å². The first-order valence-electron chi connectivity index (χ1n) is 5.89. The molecule has 0 aromatic heterocycles. The topological polar surface area (TPSA) is 12.0 Å². The van der Waals surface area contributed by atoms with Crippen molar-refractivity contribution in [3.8, 4) is 0 Å². The highest BCUT2D eigenvalue weighted by Gasteiger charge is 2.23. The normalized spacial score (nSPS) is 20.5. The predicted octanol–water partition coefficient (Wildman–Crippen LogP) is 3.34. The molecule has 0 aromatic rings. The van der Waals surface area contributed by atoms with E-state index in [4.69, 9.17) is 0 Å². The third-order valence-corrected chi connectivity index (χ3v) is 3.18. The highest BCUT2D eigenvalue weighted by atomic mass is 14.9. The molecule has 0 spiro atoms. The summed E-state index contributed by atoms with van der Waals surface area (Å²) in [5.74, 6) is 0.989. The largest absolute Gasteiger partial charge is 0.312 e. The van der Waals surface area contributed by atoms with E-state index in [9.17, 15) is 0 Å². The van der Waals surface area contributed by atoms with Gasteiger partial charge in [-0.3, -0.25) is 0 Å². The Hall–Kier alpha value is -0.0400. The molecule has 1 N–H and O–H groups in total. The van der Waals surface area contributed by atoms with Gasteiger partial charge in [-0.05, 0) is 32.7 Å². The molecule has 13 heavy (non-hydrogen) atoms. The Bertz CT molecular complexity index is 134. The lowest BCUT2D eigenvalue weighted by molar-refractivity contribution is 0.249. The van der Waals surface area contributed by atoms with Crippen LogP contribution in [-0.2, 0) is 0 Å². The zero-order chi connectivity index (χ0) is 9.73. The fraction of sp³-hybridized carbons (Fsp3) is 1.00. The van der Waals surface area contributed by atoms with Crippen molar-refractivity contribution in [3.63, 3.8) is 0 Å². The molecule has 0 unspecified atom stereocenters. The summed E-state index contributed by atoms with van der Waals surface area (Å²) in [6.07, 6.45) is 8.70. The van der Waals surface area contributed by atoms with Crippen molar-refractivity contribution in [3.05, 3.63) is 0 Å². The molecule has 1 fully saturated rings. The van der Waals surface area contributed by atoms with E-state index in [0.717, 1.165) is 12.5 Å². The lowest BCUT2D eigenvalue weighted by Gasteiger charge is -2.32. The fourth-order valence-corrected chi connectivity index (χ4v) is 2.66. The minimum atomic E-state index is 0.358. The van der Waals surface area contributed by atoms with Crippen molar-refractivity contribution in [1.82, 2.24) is 5.32 Å². The summed E-state index contributed by atoms with van der Waals surface area (Å²) in [5, 5.41) is 3.57. The van der Waals surface area contributed by atoms with Crippen molar-refractivity contribution in [2.24, 2.45) is 5.92 Å². The Morgan fingerprint density at radius 1 is 1.15 bits per heavy atom. The molecule has 1 saturated carbocycles. The van der Waals surface area contributed by atoms with Gasteiger partial charge in [0.2, 0.25) is 0 Å². The fourth-order valence-electron chi connectivity index (χ4n) is 2.66. The minimum Gasteiger partial charge on any atom is -0.312 e. The average molecular weight is 183 g/mol. The van der Waals surface area contributed by atoms with Gasteiger partial charge in [0.15, 0.2) is 0 Å².